The molecule has 2 N–H and O–H groups in total. The van der Waals surface area contributed by atoms with Gasteiger partial charge in [0.25, 0.3) is 0 Å². The third kappa shape index (κ3) is 3.04. The minimum atomic E-state index is -0.281. The molecule has 2 fully saturated rings. The number of amides is 1. The summed E-state index contributed by atoms with van der Waals surface area (Å²) in [5.41, 5.74) is -0.281. The molecule has 4 heteroatoms. The Labute approximate surface area is 110 Å². The number of carbonyl (C=O) groups excluding carboxylic acids is 1. The molecule has 4 nitrogen and oxygen atoms in total. The molecule has 0 aromatic heterocycles. The highest BCUT2D eigenvalue weighted by Crippen LogP contribution is 2.26. The van der Waals surface area contributed by atoms with Crippen LogP contribution in [0.3, 0.4) is 0 Å². The van der Waals surface area contributed by atoms with Crippen LogP contribution in [-0.4, -0.2) is 48.6 Å². The molecule has 1 saturated heterocycles. The Morgan fingerprint density at radius 3 is 2.72 bits per heavy atom. The molecule has 0 radical (unpaired) electrons. The van der Waals surface area contributed by atoms with Crippen molar-refractivity contribution in [3.05, 3.63) is 0 Å². The van der Waals surface area contributed by atoms with Crippen molar-refractivity contribution in [1.29, 1.82) is 0 Å². The van der Waals surface area contributed by atoms with Crippen molar-refractivity contribution in [2.45, 2.75) is 57.5 Å². The van der Waals surface area contributed by atoms with Gasteiger partial charge in [0, 0.05) is 19.1 Å². The summed E-state index contributed by atoms with van der Waals surface area (Å²) in [6, 6.07) is 0.789. The van der Waals surface area contributed by atoms with Crippen molar-refractivity contribution in [3.8, 4) is 0 Å². The third-order valence-corrected chi connectivity index (χ3v) is 4.44. The second-order valence-electron chi connectivity index (χ2n) is 5.58. The number of nitrogens with one attached hydrogen (secondary N) is 2. The molecule has 2 aliphatic rings. The number of hydrogen-bond donors (Lipinski definition) is 2. The Morgan fingerprint density at radius 1 is 1.44 bits per heavy atom. The number of likely N-dealkylation sites (N-methyl/N-ethyl adjacent to an activating group) is 1. The number of hydrogen-bond acceptors (Lipinski definition) is 3. The van der Waals surface area contributed by atoms with E-state index in [1.165, 1.54) is 12.8 Å². The van der Waals surface area contributed by atoms with Gasteiger partial charge in [0.15, 0.2) is 0 Å². The lowest BCUT2D eigenvalue weighted by Crippen LogP contribution is -2.54. The molecule has 2 rings (SSSR count). The topological polar surface area (TPSA) is 44.4 Å². The average Bonchev–Trinajstić information content (AvgIpc) is 3.11. The molecule has 1 aliphatic carbocycles. The number of carbonyl (C=O) groups is 1. The molecular weight excluding hydrogens is 226 g/mol. The van der Waals surface area contributed by atoms with Gasteiger partial charge in [0.05, 0.1) is 5.54 Å². The van der Waals surface area contributed by atoms with E-state index in [1.54, 1.807) is 0 Å². The lowest BCUT2D eigenvalue weighted by molar-refractivity contribution is -0.127. The number of nitrogens with zero attached hydrogens (tertiary/aromatic N) is 1. The van der Waals surface area contributed by atoms with Gasteiger partial charge in [0.2, 0.25) is 5.91 Å². The maximum atomic E-state index is 12.3. The van der Waals surface area contributed by atoms with Crippen LogP contribution in [0, 0.1) is 0 Å². The van der Waals surface area contributed by atoms with Crippen molar-refractivity contribution >= 4 is 5.91 Å². The first-order chi connectivity index (χ1) is 8.72. The van der Waals surface area contributed by atoms with E-state index in [1.807, 2.05) is 0 Å². The molecule has 1 heterocycles. The SMILES string of the molecule is CCN(CCNC(=O)C1(CC)CCCN1)C1CC1. The first-order valence-corrected chi connectivity index (χ1v) is 7.49. The standard InChI is InChI=1S/C14H27N3O/c1-3-14(8-5-9-16-14)13(18)15-10-11-17(4-2)12-6-7-12/h12,16H,3-11H2,1-2H3,(H,15,18). The van der Waals surface area contributed by atoms with E-state index in [4.69, 9.17) is 0 Å². The van der Waals surface area contributed by atoms with E-state index in [-0.39, 0.29) is 11.4 Å². The molecule has 1 aliphatic heterocycles. The Kier molecular flexibility index (Phi) is 4.62. The molecule has 104 valence electrons. The van der Waals surface area contributed by atoms with E-state index >= 15 is 0 Å². The van der Waals surface area contributed by atoms with Crippen molar-refractivity contribution < 1.29 is 4.79 Å². The van der Waals surface area contributed by atoms with Crippen LogP contribution in [0.2, 0.25) is 0 Å². The molecule has 1 saturated carbocycles. The summed E-state index contributed by atoms with van der Waals surface area (Å²) in [6.07, 6.45) is 5.66. The van der Waals surface area contributed by atoms with Gasteiger partial charge in [-0.2, -0.15) is 0 Å². The van der Waals surface area contributed by atoms with Gasteiger partial charge in [-0.05, 0) is 45.2 Å². The van der Waals surface area contributed by atoms with E-state index in [0.29, 0.717) is 0 Å². The lowest BCUT2D eigenvalue weighted by atomic mass is 9.93. The van der Waals surface area contributed by atoms with Crippen LogP contribution in [0.4, 0.5) is 0 Å². The summed E-state index contributed by atoms with van der Waals surface area (Å²) < 4.78 is 0. The summed E-state index contributed by atoms with van der Waals surface area (Å²) in [5.74, 6) is 0.203. The summed E-state index contributed by atoms with van der Waals surface area (Å²) in [4.78, 5) is 14.7. The average molecular weight is 253 g/mol. The van der Waals surface area contributed by atoms with E-state index in [2.05, 4.69) is 29.4 Å². The van der Waals surface area contributed by atoms with Crippen molar-refractivity contribution in [2.75, 3.05) is 26.2 Å². The molecule has 18 heavy (non-hydrogen) atoms. The molecule has 0 bridgehead atoms. The summed E-state index contributed by atoms with van der Waals surface area (Å²) in [7, 11) is 0. The predicted octanol–water partition coefficient (Wildman–Crippen LogP) is 1.12. The van der Waals surface area contributed by atoms with Crippen LogP contribution in [0.1, 0.15) is 46.0 Å². The zero-order valence-electron chi connectivity index (χ0n) is 11.8. The summed E-state index contributed by atoms with van der Waals surface area (Å²) in [5, 5.41) is 6.50. The fraction of sp³-hybridized carbons (Fsp3) is 0.929. The minimum Gasteiger partial charge on any atom is -0.353 e. The first kappa shape index (κ1) is 13.8. The zero-order chi connectivity index (χ0) is 13.0. The molecule has 0 aromatic rings. The van der Waals surface area contributed by atoms with E-state index < -0.39 is 0 Å². The van der Waals surface area contributed by atoms with Gasteiger partial charge in [0.1, 0.15) is 0 Å². The zero-order valence-corrected chi connectivity index (χ0v) is 11.8. The largest absolute Gasteiger partial charge is 0.353 e. The van der Waals surface area contributed by atoms with Gasteiger partial charge in [-0.25, -0.2) is 0 Å². The molecule has 1 unspecified atom stereocenters. The van der Waals surface area contributed by atoms with Crippen LogP contribution in [-0.2, 0) is 4.79 Å². The lowest BCUT2D eigenvalue weighted by Gasteiger charge is -2.27. The highest BCUT2D eigenvalue weighted by Gasteiger charge is 2.38. The molecular formula is C14H27N3O. The van der Waals surface area contributed by atoms with Gasteiger partial charge in [-0.15, -0.1) is 0 Å². The Morgan fingerprint density at radius 2 is 2.22 bits per heavy atom. The van der Waals surface area contributed by atoms with Gasteiger partial charge >= 0.3 is 0 Å². The quantitative estimate of drug-likeness (QED) is 0.714. The molecule has 0 aromatic carbocycles. The van der Waals surface area contributed by atoms with E-state index in [9.17, 15) is 4.79 Å². The normalized spacial score (nSPS) is 27.7. The summed E-state index contributed by atoms with van der Waals surface area (Å²) >= 11 is 0. The molecule has 1 amide bonds. The fourth-order valence-electron chi connectivity index (χ4n) is 2.98. The maximum Gasteiger partial charge on any atom is 0.240 e. The smallest absolute Gasteiger partial charge is 0.240 e. The number of rotatable bonds is 7. The van der Waals surface area contributed by atoms with E-state index in [0.717, 1.165) is 51.5 Å². The van der Waals surface area contributed by atoms with Crippen LogP contribution in [0.15, 0.2) is 0 Å². The maximum absolute atomic E-state index is 12.3. The van der Waals surface area contributed by atoms with Crippen molar-refractivity contribution in [1.82, 2.24) is 15.5 Å². The molecule has 1 atom stereocenters. The molecule has 0 spiro atoms. The van der Waals surface area contributed by atoms with Gasteiger partial charge < -0.3 is 10.6 Å². The highest BCUT2D eigenvalue weighted by molar-refractivity contribution is 5.86. The van der Waals surface area contributed by atoms with Gasteiger partial charge in [-0.1, -0.05) is 13.8 Å². The fourth-order valence-corrected chi connectivity index (χ4v) is 2.98. The van der Waals surface area contributed by atoms with Crippen LogP contribution in [0.5, 0.6) is 0 Å². The van der Waals surface area contributed by atoms with Crippen molar-refractivity contribution in [3.63, 3.8) is 0 Å². The Balaban J connectivity index is 1.73. The van der Waals surface area contributed by atoms with Crippen molar-refractivity contribution in [2.24, 2.45) is 0 Å². The van der Waals surface area contributed by atoms with Crippen LogP contribution in [0.25, 0.3) is 0 Å². The second kappa shape index (κ2) is 6.02. The minimum absolute atomic E-state index is 0.203. The third-order valence-electron chi connectivity index (χ3n) is 4.44. The monoisotopic (exact) mass is 253 g/mol. The highest BCUT2D eigenvalue weighted by atomic mass is 16.2. The summed E-state index contributed by atoms with van der Waals surface area (Å²) in [6.45, 7) is 8.15. The van der Waals surface area contributed by atoms with Crippen LogP contribution >= 0.6 is 0 Å². The van der Waals surface area contributed by atoms with Gasteiger partial charge in [-0.3, -0.25) is 9.69 Å². The Hall–Kier alpha value is -0.610. The Bertz CT molecular complexity index is 283. The van der Waals surface area contributed by atoms with Crippen LogP contribution < -0.4 is 10.6 Å². The first-order valence-electron chi connectivity index (χ1n) is 7.49. The predicted molar refractivity (Wildman–Crippen MR) is 73.5 cm³/mol. The second-order valence-corrected chi connectivity index (χ2v) is 5.58.